The molecular formula is C20H19N3O3S. The van der Waals surface area contributed by atoms with Crippen molar-refractivity contribution in [2.24, 2.45) is 0 Å². The molecule has 0 saturated heterocycles. The summed E-state index contributed by atoms with van der Waals surface area (Å²) in [5.41, 5.74) is 2.23. The van der Waals surface area contributed by atoms with E-state index in [4.69, 9.17) is 4.42 Å². The van der Waals surface area contributed by atoms with E-state index in [0.717, 1.165) is 20.9 Å². The number of anilines is 1. The average Bonchev–Trinajstić information content (AvgIpc) is 3.23. The molecule has 1 amide bonds. The third kappa shape index (κ3) is 3.38. The van der Waals surface area contributed by atoms with Gasteiger partial charge in [-0.05, 0) is 37.6 Å². The lowest BCUT2D eigenvalue weighted by molar-refractivity contribution is -0.118. The summed E-state index contributed by atoms with van der Waals surface area (Å²) in [6.07, 6.45) is 0.902. The van der Waals surface area contributed by atoms with Crippen molar-refractivity contribution in [3.8, 4) is 0 Å². The first-order chi connectivity index (χ1) is 13.2. The maximum Gasteiger partial charge on any atom is 0.419 e. The number of carbonyl (C=O) groups is 1. The van der Waals surface area contributed by atoms with Gasteiger partial charge in [-0.2, -0.15) is 0 Å². The van der Waals surface area contributed by atoms with Gasteiger partial charge in [0.05, 0.1) is 15.7 Å². The fourth-order valence-corrected chi connectivity index (χ4v) is 4.19. The van der Waals surface area contributed by atoms with Crippen LogP contribution in [-0.2, 0) is 11.3 Å². The highest BCUT2D eigenvalue weighted by molar-refractivity contribution is 7.22. The Morgan fingerprint density at radius 1 is 1.19 bits per heavy atom. The molecule has 4 aromatic rings. The second-order valence-corrected chi connectivity index (χ2v) is 7.20. The molecule has 0 saturated carbocycles. The molecule has 4 rings (SSSR count). The topological polar surface area (TPSA) is 68.3 Å². The molecule has 2 aromatic heterocycles. The molecule has 7 heteroatoms. The predicted octanol–water partition coefficient (Wildman–Crippen LogP) is 4.04. The molecular weight excluding hydrogens is 362 g/mol. The Morgan fingerprint density at radius 3 is 2.78 bits per heavy atom. The molecule has 0 bridgehead atoms. The average molecular weight is 381 g/mol. The van der Waals surface area contributed by atoms with Gasteiger partial charge in [-0.1, -0.05) is 35.6 Å². The van der Waals surface area contributed by atoms with E-state index in [1.165, 1.54) is 11.3 Å². The van der Waals surface area contributed by atoms with E-state index in [0.29, 0.717) is 31.5 Å². The highest BCUT2D eigenvalue weighted by Gasteiger charge is 2.18. The fraction of sp³-hybridized carbons (Fsp3) is 0.250. The van der Waals surface area contributed by atoms with Gasteiger partial charge in [0.1, 0.15) is 0 Å². The number of para-hydroxylation sites is 3. The first-order valence-corrected chi connectivity index (χ1v) is 9.73. The molecule has 2 aromatic carbocycles. The highest BCUT2D eigenvalue weighted by Crippen LogP contribution is 2.29. The molecule has 0 aliphatic carbocycles. The first kappa shape index (κ1) is 17.5. The number of aromatic nitrogens is 2. The minimum absolute atomic E-state index is 0.0115. The molecule has 138 valence electrons. The van der Waals surface area contributed by atoms with Gasteiger partial charge in [-0.15, -0.1) is 0 Å². The fourth-order valence-electron chi connectivity index (χ4n) is 3.14. The molecule has 6 nitrogen and oxygen atoms in total. The van der Waals surface area contributed by atoms with E-state index in [-0.39, 0.29) is 11.7 Å². The second-order valence-electron chi connectivity index (χ2n) is 6.19. The van der Waals surface area contributed by atoms with Crippen LogP contribution in [-0.4, -0.2) is 22.0 Å². The summed E-state index contributed by atoms with van der Waals surface area (Å²) in [5, 5.41) is 0.717. The van der Waals surface area contributed by atoms with Gasteiger partial charge >= 0.3 is 5.76 Å². The maximum atomic E-state index is 12.7. The van der Waals surface area contributed by atoms with Crippen molar-refractivity contribution in [2.75, 3.05) is 11.4 Å². The SMILES string of the molecule is CCN(C(=O)CCCn1c(=O)oc2ccccc21)c1nc2ccccc2s1. The Labute approximate surface area is 159 Å². The molecule has 0 N–H and O–H groups in total. The van der Waals surface area contributed by atoms with Crippen LogP contribution in [0.15, 0.2) is 57.7 Å². The monoisotopic (exact) mass is 381 g/mol. The van der Waals surface area contributed by atoms with Crippen molar-refractivity contribution in [1.29, 1.82) is 0 Å². The lowest BCUT2D eigenvalue weighted by atomic mass is 10.2. The van der Waals surface area contributed by atoms with Crippen LogP contribution in [0.4, 0.5) is 5.13 Å². The molecule has 27 heavy (non-hydrogen) atoms. The summed E-state index contributed by atoms with van der Waals surface area (Å²) in [5.74, 6) is -0.375. The molecule has 2 heterocycles. The summed E-state index contributed by atoms with van der Waals surface area (Å²) < 4.78 is 7.88. The number of carbonyl (C=O) groups excluding carboxylic acids is 1. The summed E-state index contributed by atoms with van der Waals surface area (Å²) >= 11 is 1.52. The van der Waals surface area contributed by atoms with Crippen LogP contribution in [0.1, 0.15) is 19.8 Å². The molecule has 0 unspecified atom stereocenters. The largest absolute Gasteiger partial charge is 0.419 e. The number of benzene rings is 2. The zero-order valence-electron chi connectivity index (χ0n) is 14.9. The zero-order chi connectivity index (χ0) is 18.8. The van der Waals surface area contributed by atoms with E-state index in [2.05, 4.69) is 4.98 Å². The molecule has 0 aliphatic heterocycles. The lowest BCUT2D eigenvalue weighted by Gasteiger charge is -2.17. The summed E-state index contributed by atoms with van der Waals surface area (Å²) in [6.45, 7) is 2.95. The molecule has 0 radical (unpaired) electrons. The van der Waals surface area contributed by atoms with Crippen molar-refractivity contribution in [3.05, 3.63) is 59.1 Å². The third-order valence-corrected chi connectivity index (χ3v) is 5.54. The van der Waals surface area contributed by atoms with Gasteiger partial charge in [0, 0.05) is 19.5 Å². The first-order valence-electron chi connectivity index (χ1n) is 8.91. The smallest absolute Gasteiger partial charge is 0.408 e. The third-order valence-electron chi connectivity index (χ3n) is 4.48. The molecule has 0 fully saturated rings. The van der Waals surface area contributed by atoms with Gasteiger partial charge in [-0.25, -0.2) is 9.78 Å². The van der Waals surface area contributed by atoms with Crippen molar-refractivity contribution in [2.45, 2.75) is 26.3 Å². The maximum absolute atomic E-state index is 12.7. The van der Waals surface area contributed by atoms with Crippen molar-refractivity contribution >= 4 is 43.7 Å². The number of hydrogen-bond acceptors (Lipinski definition) is 5. The Hall–Kier alpha value is -2.93. The normalized spacial score (nSPS) is 11.3. The number of amides is 1. The van der Waals surface area contributed by atoms with Gasteiger partial charge < -0.3 is 4.42 Å². The highest BCUT2D eigenvalue weighted by atomic mass is 32.1. The van der Waals surface area contributed by atoms with Crippen molar-refractivity contribution < 1.29 is 9.21 Å². The van der Waals surface area contributed by atoms with E-state index in [1.807, 2.05) is 49.4 Å². The minimum atomic E-state index is -0.387. The van der Waals surface area contributed by atoms with Crippen LogP contribution in [0.3, 0.4) is 0 Å². The number of thiazole rings is 1. The van der Waals surface area contributed by atoms with Gasteiger partial charge in [0.15, 0.2) is 10.7 Å². The van der Waals surface area contributed by atoms with Crippen molar-refractivity contribution in [1.82, 2.24) is 9.55 Å². The van der Waals surface area contributed by atoms with E-state index in [9.17, 15) is 9.59 Å². The quantitative estimate of drug-likeness (QED) is 0.505. The molecule has 0 atom stereocenters. The van der Waals surface area contributed by atoms with Gasteiger partial charge in [0.2, 0.25) is 5.91 Å². The summed E-state index contributed by atoms with van der Waals surface area (Å²) in [4.78, 5) is 31.0. The van der Waals surface area contributed by atoms with E-state index in [1.54, 1.807) is 15.5 Å². The number of oxazole rings is 1. The Kier molecular flexibility index (Phi) is 4.77. The molecule has 0 spiro atoms. The summed E-state index contributed by atoms with van der Waals surface area (Å²) in [6, 6.07) is 15.2. The van der Waals surface area contributed by atoms with Crippen LogP contribution in [0.25, 0.3) is 21.3 Å². The Balaban J connectivity index is 1.46. The lowest BCUT2D eigenvalue weighted by Crippen LogP contribution is -2.30. The van der Waals surface area contributed by atoms with Crippen LogP contribution >= 0.6 is 11.3 Å². The van der Waals surface area contributed by atoms with Crippen LogP contribution in [0.2, 0.25) is 0 Å². The number of hydrogen-bond donors (Lipinski definition) is 0. The van der Waals surface area contributed by atoms with E-state index >= 15 is 0 Å². The van der Waals surface area contributed by atoms with Gasteiger partial charge in [0.25, 0.3) is 0 Å². The predicted molar refractivity (Wildman–Crippen MR) is 107 cm³/mol. The zero-order valence-corrected chi connectivity index (χ0v) is 15.7. The Bertz CT molecular complexity index is 1120. The minimum Gasteiger partial charge on any atom is -0.408 e. The molecule has 0 aliphatic rings. The van der Waals surface area contributed by atoms with Crippen molar-refractivity contribution in [3.63, 3.8) is 0 Å². The Morgan fingerprint density at radius 2 is 1.96 bits per heavy atom. The number of rotatable bonds is 6. The second kappa shape index (κ2) is 7.36. The van der Waals surface area contributed by atoms with Crippen LogP contribution < -0.4 is 10.7 Å². The van der Waals surface area contributed by atoms with Gasteiger partial charge in [-0.3, -0.25) is 14.3 Å². The standard InChI is InChI=1S/C20H19N3O3S/c1-2-22(19-21-14-8-3-6-11-17(14)27-19)18(24)12-7-13-23-15-9-4-5-10-16(15)26-20(23)25/h3-6,8-11H,2,7,12-13H2,1H3. The number of fused-ring (bicyclic) bond motifs is 2. The van der Waals surface area contributed by atoms with E-state index < -0.39 is 0 Å². The van der Waals surface area contributed by atoms with Crippen LogP contribution in [0, 0.1) is 0 Å². The van der Waals surface area contributed by atoms with Crippen LogP contribution in [0.5, 0.6) is 0 Å². The number of aryl methyl sites for hydroxylation is 1. The summed E-state index contributed by atoms with van der Waals surface area (Å²) in [7, 11) is 0. The number of nitrogens with zero attached hydrogens (tertiary/aromatic N) is 3.